The van der Waals surface area contributed by atoms with Crippen molar-refractivity contribution in [2.45, 2.75) is 33.6 Å². The molecular weight excluding hydrogens is 254 g/mol. The number of thiazole rings is 1. The molecule has 2 heterocycles. The smallest absolute Gasteiger partial charge is 0.125 e. The van der Waals surface area contributed by atoms with E-state index in [4.69, 9.17) is 4.98 Å². The van der Waals surface area contributed by atoms with Crippen LogP contribution in [0.4, 0.5) is 5.00 Å². The number of aromatic nitrogens is 2. The summed E-state index contributed by atoms with van der Waals surface area (Å²) in [6, 6.07) is 4.04. The van der Waals surface area contributed by atoms with Crippen molar-refractivity contribution in [2.24, 2.45) is 0 Å². The minimum Gasteiger partial charge on any atom is -0.362 e. The quantitative estimate of drug-likeness (QED) is 0.793. The number of anilines is 1. The predicted octanol–water partition coefficient (Wildman–Crippen LogP) is 4.14. The molecule has 3 nitrogen and oxygen atoms in total. The molecule has 2 rings (SSSR count). The summed E-state index contributed by atoms with van der Waals surface area (Å²) in [7, 11) is 0. The zero-order valence-electron chi connectivity index (χ0n) is 11.9. The number of pyridine rings is 1. The summed E-state index contributed by atoms with van der Waals surface area (Å²) in [6.45, 7) is 8.76. The standard InChI is InChI=1S/C15H21N3S/c1-4-10-18(11-5-2)15-12(3)17-14(19-15)13-6-8-16-9-7-13/h6-9H,4-5,10-11H2,1-3H3. The maximum atomic E-state index is 4.72. The first-order chi connectivity index (χ1) is 9.26. The van der Waals surface area contributed by atoms with E-state index in [1.54, 1.807) is 11.3 Å². The van der Waals surface area contributed by atoms with Crippen LogP contribution in [0, 0.1) is 6.92 Å². The van der Waals surface area contributed by atoms with E-state index >= 15 is 0 Å². The Morgan fingerprint density at radius 2 is 1.74 bits per heavy atom. The molecule has 0 radical (unpaired) electrons. The van der Waals surface area contributed by atoms with Gasteiger partial charge in [-0.1, -0.05) is 25.2 Å². The number of nitrogens with zero attached hydrogens (tertiary/aromatic N) is 3. The second kappa shape index (κ2) is 6.66. The van der Waals surface area contributed by atoms with Gasteiger partial charge in [-0.25, -0.2) is 4.98 Å². The van der Waals surface area contributed by atoms with Gasteiger partial charge in [0.1, 0.15) is 10.0 Å². The molecule has 0 fully saturated rings. The molecule has 0 amide bonds. The molecule has 102 valence electrons. The zero-order valence-corrected chi connectivity index (χ0v) is 12.7. The van der Waals surface area contributed by atoms with E-state index in [9.17, 15) is 0 Å². The molecule has 0 spiro atoms. The summed E-state index contributed by atoms with van der Waals surface area (Å²) in [4.78, 5) is 11.2. The van der Waals surface area contributed by atoms with Crippen molar-refractivity contribution in [3.05, 3.63) is 30.2 Å². The highest BCUT2D eigenvalue weighted by molar-refractivity contribution is 7.19. The molecule has 0 aliphatic carbocycles. The van der Waals surface area contributed by atoms with Crippen molar-refractivity contribution in [1.29, 1.82) is 0 Å². The Balaban J connectivity index is 2.29. The minimum absolute atomic E-state index is 1.09. The Morgan fingerprint density at radius 1 is 1.11 bits per heavy atom. The summed E-state index contributed by atoms with van der Waals surface area (Å²) in [5, 5.41) is 2.41. The van der Waals surface area contributed by atoms with Crippen LogP contribution < -0.4 is 4.90 Å². The Labute approximate surface area is 119 Å². The molecule has 0 aliphatic heterocycles. The van der Waals surface area contributed by atoms with Gasteiger partial charge in [0.2, 0.25) is 0 Å². The average Bonchev–Trinajstić information content (AvgIpc) is 2.82. The Bertz CT molecular complexity index is 501. The van der Waals surface area contributed by atoms with E-state index in [2.05, 4.69) is 30.7 Å². The maximum Gasteiger partial charge on any atom is 0.125 e. The highest BCUT2D eigenvalue weighted by atomic mass is 32.1. The SMILES string of the molecule is CCCN(CCC)c1sc(-c2ccncc2)nc1C. The summed E-state index contributed by atoms with van der Waals surface area (Å²) < 4.78 is 0. The normalized spacial score (nSPS) is 10.7. The third kappa shape index (κ3) is 3.32. The van der Waals surface area contributed by atoms with Gasteiger partial charge in [-0.05, 0) is 31.9 Å². The van der Waals surface area contributed by atoms with Gasteiger partial charge in [0, 0.05) is 31.0 Å². The third-order valence-corrected chi connectivity index (χ3v) is 4.24. The first-order valence-corrected chi connectivity index (χ1v) is 7.70. The van der Waals surface area contributed by atoms with Gasteiger partial charge in [-0.2, -0.15) is 0 Å². The van der Waals surface area contributed by atoms with Crippen molar-refractivity contribution in [1.82, 2.24) is 9.97 Å². The second-order valence-corrected chi connectivity index (χ2v) is 5.61. The van der Waals surface area contributed by atoms with Crippen LogP contribution in [0.2, 0.25) is 0 Å². The molecule has 0 atom stereocenters. The first kappa shape index (κ1) is 14.0. The van der Waals surface area contributed by atoms with E-state index in [0.717, 1.165) is 29.4 Å². The van der Waals surface area contributed by atoms with Crippen LogP contribution in [-0.4, -0.2) is 23.1 Å². The van der Waals surface area contributed by atoms with E-state index in [-0.39, 0.29) is 0 Å². The molecule has 2 aromatic rings. The van der Waals surface area contributed by atoms with E-state index in [0.29, 0.717) is 0 Å². The molecule has 4 heteroatoms. The van der Waals surface area contributed by atoms with Crippen LogP contribution in [0.25, 0.3) is 10.6 Å². The monoisotopic (exact) mass is 275 g/mol. The van der Waals surface area contributed by atoms with Crippen LogP contribution in [0.5, 0.6) is 0 Å². The van der Waals surface area contributed by atoms with E-state index < -0.39 is 0 Å². The van der Waals surface area contributed by atoms with Gasteiger partial charge in [0.05, 0.1) is 5.69 Å². The maximum absolute atomic E-state index is 4.72. The third-order valence-electron chi connectivity index (χ3n) is 2.97. The predicted molar refractivity (Wildman–Crippen MR) is 82.9 cm³/mol. The van der Waals surface area contributed by atoms with Gasteiger partial charge in [-0.15, -0.1) is 0 Å². The van der Waals surface area contributed by atoms with Gasteiger partial charge in [0.25, 0.3) is 0 Å². The molecule has 0 aliphatic rings. The zero-order chi connectivity index (χ0) is 13.7. The van der Waals surface area contributed by atoms with E-state index in [1.807, 2.05) is 24.5 Å². The molecule has 0 saturated heterocycles. The lowest BCUT2D eigenvalue weighted by atomic mass is 10.3. The van der Waals surface area contributed by atoms with Gasteiger partial charge in [0.15, 0.2) is 0 Å². The minimum atomic E-state index is 1.09. The Hall–Kier alpha value is -1.42. The van der Waals surface area contributed by atoms with Gasteiger partial charge in [-0.3, -0.25) is 4.98 Å². The highest BCUT2D eigenvalue weighted by Crippen LogP contribution is 2.34. The summed E-state index contributed by atoms with van der Waals surface area (Å²) in [5.74, 6) is 0. The Kier molecular flexibility index (Phi) is 4.91. The van der Waals surface area contributed by atoms with Crippen LogP contribution in [-0.2, 0) is 0 Å². The lowest BCUT2D eigenvalue weighted by molar-refractivity contribution is 0.747. The second-order valence-electron chi connectivity index (χ2n) is 4.63. The molecular formula is C15H21N3S. The van der Waals surface area contributed by atoms with Gasteiger partial charge < -0.3 is 4.90 Å². The fraction of sp³-hybridized carbons (Fsp3) is 0.467. The lowest BCUT2D eigenvalue weighted by Gasteiger charge is -2.22. The van der Waals surface area contributed by atoms with Crippen LogP contribution in [0.1, 0.15) is 32.4 Å². The van der Waals surface area contributed by atoms with Crippen LogP contribution in [0.3, 0.4) is 0 Å². The van der Waals surface area contributed by atoms with Crippen LogP contribution in [0.15, 0.2) is 24.5 Å². The molecule has 0 aromatic carbocycles. The average molecular weight is 275 g/mol. The topological polar surface area (TPSA) is 29.0 Å². The fourth-order valence-electron chi connectivity index (χ4n) is 2.15. The van der Waals surface area contributed by atoms with Gasteiger partial charge >= 0.3 is 0 Å². The lowest BCUT2D eigenvalue weighted by Crippen LogP contribution is -2.24. The number of hydrogen-bond donors (Lipinski definition) is 0. The number of rotatable bonds is 6. The fourth-order valence-corrected chi connectivity index (χ4v) is 3.28. The summed E-state index contributed by atoms with van der Waals surface area (Å²) >= 11 is 1.79. The van der Waals surface area contributed by atoms with Crippen molar-refractivity contribution in [2.75, 3.05) is 18.0 Å². The van der Waals surface area contributed by atoms with Crippen molar-refractivity contribution >= 4 is 16.3 Å². The molecule has 0 saturated carbocycles. The van der Waals surface area contributed by atoms with Crippen molar-refractivity contribution in [3.63, 3.8) is 0 Å². The first-order valence-electron chi connectivity index (χ1n) is 6.89. The van der Waals surface area contributed by atoms with E-state index in [1.165, 1.54) is 17.8 Å². The molecule has 0 N–H and O–H groups in total. The largest absolute Gasteiger partial charge is 0.362 e. The number of hydrogen-bond acceptors (Lipinski definition) is 4. The molecule has 0 bridgehead atoms. The number of aryl methyl sites for hydroxylation is 1. The highest BCUT2D eigenvalue weighted by Gasteiger charge is 2.14. The van der Waals surface area contributed by atoms with Crippen molar-refractivity contribution in [3.8, 4) is 10.6 Å². The summed E-state index contributed by atoms with van der Waals surface area (Å²) in [6.07, 6.45) is 5.98. The molecule has 0 unspecified atom stereocenters. The molecule has 2 aromatic heterocycles. The summed E-state index contributed by atoms with van der Waals surface area (Å²) in [5.41, 5.74) is 2.29. The van der Waals surface area contributed by atoms with Crippen LogP contribution >= 0.6 is 11.3 Å². The molecule has 19 heavy (non-hydrogen) atoms. The van der Waals surface area contributed by atoms with Crippen molar-refractivity contribution < 1.29 is 0 Å². The Morgan fingerprint density at radius 3 is 2.32 bits per heavy atom.